The highest BCUT2D eigenvalue weighted by Gasteiger charge is 2.43. The largest absolute Gasteiger partial charge is 0.391 e. The van der Waals surface area contributed by atoms with E-state index in [4.69, 9.17) is 4.52 Å². The number of benzene rings is 1. The maximum absolute atomic E-state index is 13.5. The number of aliphatic hydroxyl groups excluding tert-OH is 1. The number of rotatable bonds is 7. The Morgan fingerprint density at radius 2 is 1.84 bits per heavy atom. The minimum absolute atomic E-state index is 0.0593. The number of aliphatic hydroxyl groups is 1. The molecule has 4 atom stereocenters. The molecule has 1 aliphatic heterocycles. The van der Waals surface area contributed by atoms with Gasteiger partial charge in [0.05, 0.1) is 33.9 Å². The fourth-order valence-electron chi connectivity index (χ4n) is 4.64. The first-order valence-electron chi connectivity index (χ1n) is 12.9. The van der Waals surface area contributed by atoms with Crippen LogP contribution in [0.15, 0.2) is 40.4 Å². The molecule has 2 aromatic heterocycles. The number of aromatic nitrogens is 2. The maximum atomic E-state index is 13.5. The number of carbonyl (C=O) groups is 2. The van der Waals surface area contributed by atoms with E-state index in [-0.39, 0.29) is 36.7 Å². The summed E-state index contributed by atoms with van der Waals surface area (Å²) in [5, 5.41) is 17.3. The molecule has 1 fully saturated rings. The highest BCUT2D eigenvalue weighted by atomic mass is 32.1. The fraction of sp³-hybridized carbons (Fsp3) is 0.500. The molecule has 200 valence electrons. The van der Waals surface area contributed by atoms with Crippen LogP contribution in [0, 0.1) is 19.8 Å². The third kappa shape index (κ3) is 6.45. The quantitative estimate of drug-likeness (QED) is 0.448. The van der Waals surface area contributed by atoms with Crippen molar-refractivity contribution in [2.24, 2.45) is 5.92 Å². The van der Waals surface area contributed by atoms with Gasteiger partial charge >= 0.3 is 0 Å². The van der Waals surface area contributed by atoms with Crippen LogP contribution in [0.5, 0.6) is 0 Å². The van der Waals surface area contributed by atoms with Gasteiger partial charge in [0.2, 0.25) is 11.8 Å². The zero-order chi connectivity index (χ0) is 27.3. The zero-order valence-corrected chi connectivity index (χ0v) is 23.5. The van der Waals surface area contributed by atoms with Gasteiger partial charge in [0, 0.05) is 19.0 Å². The summed E-state index contributed by atoms with van der Waals surface area (Å²) < 4.78 is 5.39. The number of hydrogen-bond donors (Lipinski definition) is 2. The molecule has 4 rings (SSSR count). The Kier molecular flexibility index (Phi) is 9.62. The van der Waals surface area contributed by atoms with E-state index in [1.165, 1.54) is 4.90 Å². The van der Waals surface area contributed by atoms with Gasteiger partial charge < -0.3 is 19.8 Å². The number of aryl methyl sites for hydroxylation is 2. The predicted molar refractivity (Wildman–Crippen MR) is 145 cm³/mol. The van der Waals surface area contributed by atoms with Gasteiger partial charge in [-0.1, -0.05) is 57.1 Å². The Hall–Kier alpha value is -3.04. The van der Waals surface area contributed by atoms with Crippen molar-refractivity contribution in [3.8, 4) is 10.4 Å². The van der Waals surface area contributed by atoms with Crippen molar-refractivity contribution < 1.29 is 19.2 Å². The summed E-state index contributed by atoms with van der Waals surface area (Å²) >= 11 is 1.60. The number of carbonyl (C=O) groups excluding carboxylic acids is 2. The molecule has 8 nitrogen and oxygen atoms in total. The summed E-state index contributed by atoms with van der Waals surface area (Å²) in [6.45, 7) is 13.7. The van der Waals surface area contributed by atoms with Gasteiger partial charge in [-0.25, -0.2) is 4.98 Å². The van der Waals surface area contributed by atoms with Crippen molar-refractivity contribution in [1.82, 2.24) is 20.4 Å². The smallest absolute Gasteiger partial charge is 0.243 e. The van der Waals surface area contributed by atoms with Crippen LogP contribution >= 0.6 is 11.3 Å². The molecule has 9 heteroatoms. The van der Waals surface area contributed by atoms with E-state index in [1.807, 2.05) is 71.3 Å². The highest BCUT2D eigenvalue weighted by Crippen LogP contribution is 2.32. The minimum atomic E-state index is -0.754. The van der Waals surface area contributed by atoms with Crippen molar-refractivity contribution in [2.45, 2.75) is 79.0 Å². The van der Waals surface area contributed by atoms with Crippen LogP contribution in [0.4, 0.5) is 0 Å². The lowest BCUT2D eigenvalue weighted by Crippen LogP contribution is -2.48. The van der Waals surface area contributed by atoms with Crippen LogP contribution in [0.2, 0.25) is 0 Å². The molecule has 3 heterocycles. The predicted octanol–water partition coefficient (Wildman–Crippen LogP) is 5.02. The first-order chi connectivity index (χ1) is 17.7. The average Bonchev–Trinajstić information content (AvgIpc) is 3.60. The molecule has 0 saturated carbocycles. The van der Waals surface area contributed by atoms with Gasteiger partial charge in [-0.2, -0.15) is 0 Å². The maximum Gasteiger partial charge on any atom is 0.243 e. The molecule has 1 aliphatic rings. The molecule has 1 saturated heterocycles. The second kappa shape index (κ2) is 12.5. The van der Waals surface area contributed by atoms with Crippen molar-refractivity contribution >= 4 is 23.2 Å². The second-order valence-corrected chi connectivity index (χ2v) is 10.5. The van der Waals surface area contributed by atoms with Gasteiger partial charge in [0.15, 0.2) is 0 Å². The standard InChI is InChI=1S/C26H32N4O4S.C2H6/c1-14(2)23(22-10-15(3)29-34-22)26(33)30-12-20(31)11-21(30)25(32)28-16(4)18-6-8-19(9-7-18)24-17(5)27-13-35-24;1-2/h6-10,13-14,16,20-21,23,31H,11-12H2,1-5H3,(H,28,32);1-2H3/t16-,20+,21-,23?;/m0./s1. The van der Waals surface area contributed by atoms with Crippen LogP contribution in [-0.2, 0) is 9.59 Å². The first kappa shape index (κ1) is 28.5. The van der Waals surface area contributed by atoms with Crippen molar-refractivity contribution in [3.63, 3.8) is 0 Å². The summed E-state index contributed by atoms with van der Waals surface area (Å²) in [5.41, 5.74) is 5.56. The van der Waals surface area contributed by atoms with Crippen LogP contribution in [-0.4, -0.2) is 50.7 Å². The monoisotopic (exact) mass is 526 g/mol. The van der Waals surface area contributed by atoms with E-state index in [9.17, 15) is 14.7 Å². The van der Waals surface area contributed by atoms with Crippen LogP contribution < -0.4 is 5.32 Å². The van der Waals surface area contributed by atoms with Crippen LogP contribution in [0.1, 0.15) is 75.7 Å². The molecule has 0 radical (unpaired) electrons. The summed E-state index contributed by atoms with van der Waals surface area (Å²) in [5.74, 6) is -0.661. The molecule has 3 aromatic rings. The van der Waals surface area contributed by atoms with E-state index < -0.39 is 18.1 Å². The molecule has 2 N–H and O–H groups in total. The van der Waals surface area contributed by atoms with Crippen molar-refractivity contribution in [3.05, 3.63) is 58.6 Å². The molecular formula is C28H38N4O4S. The number of nitrogens with zero attached hydrogens (tertiary/aromatic N) is 3. The third-order valence-electron chi connectivity index (χ3n) is 6.53. The van der Waals surface area contributed by atoms with E-state index in [0.29, 0.717) is 11.5 Å². The van der Waals surface area contributed by atoms with E-state index in [2.05, 4.69) is 15.5 Å². The van der Waals surface area contributed by atoms with Crippen molar-refractivity contribution in [2.75, 3.05) is 6.54 Å². The lowest BCUT2D eigenvalue weighted by atomic mass is 9.91. The summed E-state index contributed by atoms with van der Waals surface area (Å²) in [7, 11) is 0. The number of thiazole rings is 1. The van der Waals surface area contributed by atoms with Crippen LogP contribution in [0.25, 0.3) is 10.4 Å². The molecule has 0 bridgehead atoms. The van der Waals surface area contributed by atoms with Gasteiger partial charge in [0.1, 0.15) is 17.7 Å². The minimum Gasteiger partial charge on any atom is -0.391 e. The fourth-order valence-corrected chi connectivity index (χ4v) is 5.46. The normalized spacial score (nSPS) is 18.8. The average molecular weight is 527 g/mol. The number of hydrogen-bond acceptors (Lipinski definition) is 7. The van der Waals surface area contributed by atoms with E-state index >= 15 is 0 Å². The SMILES string of the molecule is CC.Cc1cc(C(C(=O)N2C[C@H](O)C[C@H]2C(=O)N[C@@H](C)c2ccc(-c3scnc3C)cc2)C(C)C)on1. The van der Waals surface area contributed by atoms with Gasteiger partial charge in [0.25, 0.3) is 0 Å². The summed E-state index contributed by atoms with van der Waals surface area (Å²) in [6, 6.07) is 8.79. The van der Waals surface area contributed by atoms with Gasteiger partial charge in [-0.15, -0.1) is 11.3 Å². The molecule has 37 heavy (non-hydrogen) atoms. The van der Waals surface area contributed by atoms with Gasteiger partial charge in [-0.3, -0.25) is 9.59 Å². The number of nitrogens with one attached hydrogen (secondary N) is 1. The highest BCUT2D eigenvalue weighted by molar-refractivity contribution is 7.13. The number of β-amino-alcohol motifs (C(OH)–C–C–N with tert-alkyl or cyclic N) is 1. The topological polar surface area (TPSA) is 109 Å². The lowest BCUT2D eigenvalue weighted by Gasteiger charge is -2.29. The number of likely N-dealkylation sites (tertiary alicyclic amines) is 1. The molecule has 1 unspecified atom stereocenters. The Bertz CT molecular complexity index is 1190. The number of amides is 2. The third-order valence-corrected chi connectivity index (χ3v) is 7.50. The first-order valence-corrected chi connectivity index (χ1v) is 13.8. The molecule has 0 spiro atoms. The molecule has 0 aliphatic carbocycles. The Morgan fingerprint density at radius 3 is 2.38 bits per heavy atom. The summed E-state index contributed by atoms with van der Waals surface area (Å²) in [4.78, 5) is 33.7. The van der Waals surface area contributed by atoms with Crippen LogP contribution in [0.3, 0.4) is 0 Å². The Balaban J connectivity index is 0.00000186. The molecule has 2 amide bonds. The lowest BCUT2D eigenvalue weighted by molar-refractivity contribution is -0.141. The molecular weight excluding hydrogens is 488 g/mol. The second-order valence-electron chi connectivity index (χ2n) is 9.61. The van der Waals surface area contributed by atoms with Gasteiger partial charge in [-0.05, 0) is 37.8 Å². The Labute approximate surface area is 223 Å². The van der Waals surface area contributed by atoms with Crippen molar-refractivity contribution in [1.29, 1.82) is 0 Å². The zero-order valence-electron chi connectivity index (χ0n) is 22.7. The summed E-state index contributed by atoms with van der Waals surface area (Å²) in [6.07, 6.45) is -0.551. The van der Waals surface area contributed by atoms with E-state index in [1.54, 1.807) is 24.3 Å². The van der Waals surface area contributed by atoms with E-state index in [0.717, 1.165) is 21.7 Å². The Morgan fingerprint density at radius 1 is 1.16 bits per heavy atom. The molecule has 1 aromatic carbocycles.